The van der Waals surface area contributed by atoms with Gasteiger partial charge < -0.3 is 9.80 Å². The normalized spacial score (nSPS) is 17.1. The maximum Gasteiger partial charge on any atom is 0.233 e. The smallest absolute Gasteiger partial charge is 0.233 e. The summed E-state index contributed by atoms with van der Waals surface area (Å²) in [5.41, 5.74) is 0. The van der Waals surface area contributed by atoms with E-state index in [4.69, 9.17) is 0 Å². The van der Waals surface area contributed by atoms with Gasteiger partial charge in [0, 0.05) is 32.6 Å². The average Bonchev–Trinajstić information content (AvgIpc) is 2.85. The predicted octanol–water partition coefficient (Wildman–Crippen LogP) is 0.233. The van der Waals surface area contributed by atoms with Gasteiger partial charge in [-0.2, -0.15) is 0 Å². The first-order chi connectivity index (χ1) is 8.69. The molecule has 0 bridgehead atoms. The molecule has 7 heteroatoms. The molecule has 0 aromatic carbocycles. The van der Waals surface area contributed by atoms with E-state index < -0.39 is 0 Å². The molecule has 100 valence electrons. The van der Waals surface area contributed by atoms with E-state index in [1.165, 1.54) is 11.8 Å². The van der Waals surface area contributed by atoms with Crippen molar-refractivity contribution in [2.75, 3.05) is 39.0 Å². The molecule has 0 atom stereocenters. The number of hydrogen-bond donors (Lipinski definition) is 1. The second kappa shape index (κ2) is 6.19. The Kier molecular flexibility index (Phi) is 4.60. The van der Waals surface area contributed by atoms with Crippen molar-refractivity contribution in [2.24, 2.45) is 0 Å². The highest BCUT2D eigenvalue weighted by Gasteiger charge is 2.19. The van der Waals surface area contributed by atoms with Crippen molar-refractivity contribution in [1.82, 2.24) is 25.0 Å². The monoisotopic (exact) mass is 269 g/mol. The van der Waals surface area contributed by atoms with Crippen molar-refractivity contribution in [3.63, 3.8) is 0 Å². The lowest BCUT2D eigenvalue weighted by Gasteiger charge is -2.32. The summed E-state index contributed by atoms with van der Waals surface area (Å²) in [6, 6.07) is 0. The number of amides is 1. The number of aromatic amines is 1. The maximum atomic E-state index is 12.0. The molecule has 2 rings (SSSR count). The zero-order valence-electron chi connectivity index (χ0n) is 10.8. The van der Waals surface area contributed by atoms with Gasteiger partial charge in [-0.1, -0.05) is 18.7 Å². The van der Waals surface area contributed by atoms with Crippen molar-refractivity contribution < 1.29 is 4.79 Å². The fourth-order valence-electron chi connectivity index (χ4n) is 1.77. The van der Waals surface area contributed by atoms with Gasteiger partial charge in [0.15, 0.2) is 0 Å². The topological polar surface area (TPSA) is 65.1 Å². The van der Waals surface area contributed by atoms with E-state index in [9.17, 15) is 4.79 Å². The van der Waals surface area contributed by atoms with Crippen molar-refractivity contribution >= 4 is 17.7 Å². The number of piperazine rings is 1. The molecule has 0 saturated carbocycles. The number of thioether (sulfide) groups is 1. The van der Waals surface area contributed by atoms with Crippen molar-refractivity contribution in [3.8, 4) is 0 Å². The third kappa shape index (κ3) is 3.46. The summed E-state index contributed by atoms with van der Waals surface area (Å²) < 4.78 is 0. The number of nitrogens with zero attached hydrogens (tertiary/aromatic N) is 4. The van der Waals surface area contributed by atoms with Crippen LogP contribution >= 0.6 is 11.8 Å². The first kappa shape index (κ1) is 13.4. The van der Waals surface area contributed by atoms with Crippen LogP contribution < -0.4 is 0 Å². The predicted molar refractivity (Wildman–Crippen MR) is 70.6 cm³/mol. The fraction of sp³-hybridized carbons (Fsp3) is 0.727. The number of aryl methyl sites for hydroxylation is 1. The summed E-state index contributed by atoms with van der Waals surface area (Å²) in [6.07, 6.45) is 0.833. The Hall–Kier alpha value is -1.08. The highest BCUT2D eigenvalue weighted by molar-refractivity contribution is 7.99. The number of likely N-dealkylation sites (N-methyl/N-ethyl adjacent to an activating group) is 1. The first-order valence-electron chi connectivity index (χ1n) is 6.19. The quantitative estimate of drug-likeness (QED) is 0.793. The third-order valence-corrected chi connectivity index (χ3v) is 3.86. The summed E-state index contributed by atoms with van der Waals surface area (Å²) >= 11 is 1.40. The van der Waals surface area contributed by atoms with Gasteiger partial charge >= 0.3 is 0 Å². The Bertz CT molecular complexity index is 400. The van der Waals surface area contributed by atoms with E-state index >= 15 is 0 Å². The minimum absolute atomic E-state index is 0.177. The van der Waals surface area contributed by atoms with E-state index in [0.717, 1.165) is 38.4 Å². The minimum Gasteiger partial charge on any atom is -0.339 e. The molecular weight excluding hydrogens is 250 g/mol. The van der Waals surface area contributed by atoms with Gasteiger partial charge in [0.05, 0.1) is 5.75 Å². The lowest BCUT2D eigenvalue weighted by molar-refractivity contribution is -0.129. The van der Waals surface area contributed by atoms with Gasteiger partial charge in [-0.25, -0.2) is 4.98 Å². The van der Waals surface area contributed by atoms with Gasteiger partial charge in [0.25, 0.3) is 0 Å². The molecule has 0 spiro atoms. The zero-order chi connectivity index (χ0) is 13.0. The minimum atomic E-state index is 0.177. The molecule has 1 aromatic rings. The van der Waals surface area contributed by atoms with Crippen LogP contribution in [0.2, 0.25) is 0 Å². The van der Waals surface area contributed by atoms with Crippen LogP contribution in [0.5, 0.6) is 0 Å². The molecule has 1 aromatic heterocycles. The molecule has 1 amide bonds. The largest absolute Gasteiger partial charge is 0.339 e. The molecule has 0 radical (unpaired) electrons. The van der Waals surface area contributed by atoms with Crippen molar-refractivity contribution in [1.29, 1.82) is 0 Å². The van der Waals surface area contributed by atoms with Crippen LogP contribution in [0.1, 0.15) is 12.7 Å². The third-order valence-electron chi connectivity index (χ3n) is 3.03. The fourth-order valence-corrected chi connectivity index (χ4v) is 2.49. The van der Waals surface area contributed by atoms with Crippen LogP contribution in [-0.2, 0) is 11.2 Å². The van der Waals surface area contributed by atoms with E-state index in [-0.39, 0.29) is 5.91 Å². The molecule has 2 heterocycles. The molecule has 18 heavy (non-hydrogen) atoms. The van der Waals surface area contributed by atoms with Crippen LogP contribution in [0.25, 0.3) is 0 Å². The second-order valence-electron chi connectivity index (χ2n) is 4.39. The summed E-state index contributed by atoms with van der Waals surface area (Å²) in [6.45, 7) is 5.58. The lowest BCUT2D eigenvalue weighted by Crippen LogP contribution is -2.47. The number of H-pyrrole nitrogens is 1. The molecule has 1 fully saturated rings. The van der Waals surface area contributed by atoms with Gasteiger partial charge in [-0.3, -0.25) is 9.89 Å². The summed E-state index contributed by atoms with van der Waals surface area (Å²) in [5.74, 6) is 1.46. The van der Waals surface area contributed by atoms with Crippen LogP contribution in [-0.4, -0.2) is 69.9 Å². The Labute approximate surface area is 111 Å². The zero-order valence-corrected chi connectivity index (χ0v) is 11.7. The standard InChI is InChI=1S/C11H19N5OS/c1-3-9-12-11(14-13-9)18-8-10(17)16-6-4-15(2)5-7-16/h3-8H2,1-2H3,(H,12,13,14). The van der Waals surface area contributed by atoms with Gasteiger partial charge in [-0.05, 0) is 7.05 Å². The van der Waals surface area contributed by atoms with Crippen molar-refractivity contribution in [3.05, 3.63) is 5.82 Å². The van der Waals surface area contributed by atoms with E-state index in [1.807, 2.05) is 11.8 Å². The summed E-state index contributed by atoms with van der Waals surface area (Å²) in [7, 11) is 2.08. The highest BCUT2D eigenvalue weighted by Crippen LogP contribution is 2.13. The lowest BCUT2D eigenvalue weighted by atomic mass is 10.3. The average molecular weight is 269 g/mol. The first-order valence-corrected chi connectivity index (χ1v) is 7.18. The summed E-state index contributed by atoms with van der Waals surface area (Å²) in [5, 5.41) is 7.58. The SMILES string of the molecule is CCc1nc(SCC(=O)N2CCN(C)CC2)n[nH]1. The van der Waals surface area contributed by atoms with Crippen LogP contribution in [0.4, 0.5) is 0 Å². The molecule has 6 nitrogen and oxygen atoms in total. The molecule has 0 unspecified atom stereocenters. The number of carbonyl (C=O) groups excluding carboxylic acids is 1. The maximum absolute atomic E-state index is 12.0. The number of carbonyl (C=O) groups is 1. The molecule has 1 saturated heterocycles. The van der Waals surface area contributed by atoms with E-state index in [1.54, 1.807) is 0 Å². The van der Waals surface area contributed by atoms with Crippen LogP contribution in [0.15, 0.2) is 5.16 Å². The number of rotatable bonds is 4. The molecular formula is C11H19N5OS. The molecule has 0 aliphatic carbocycles. The van der Waals surface area contributed by atoms with E-state index in [0.29, 0.717) is 10.9 Å². The van der Waals surface area contributed by atoms with Crippen LogP contribution in [0, 0.1) is 0 Å². The van der Waals surface area contributed by atoms with Gasteiger partial charge in [-0.15, -0.1) is 5.10 Å². The van der Waals surface area contributed by atoms with Gasteiger partial charge in [0.1, 0.15) is 5.82 Å². The van der Waals surface area contributed by atoms with Gasteiger partial charge in [0.2, 0.25) is 11.1 Å². The Morgan fingerprint density at radius 1 is 1.39 bits per heavy atom. The molecule has 1 aliphatic heterocycles. The van der Waals surface area contributed by atoms with Crippen molar-refractivity contribution in [2.45, 2.75) is 18.5 Å². The summed E-state index contributed by atoms with van der Waals surface area (Å²) in [4.78, 5) is 20.4. The Balaban J connectivity index is 1.77. The number of aromatic nitrogens is 3. The van der Waals surface area contributed by atoms with Crippen LogP contribution in [0.3, 0.4) is 0 Å². The Morgan fingerprint density at radius 2 is 2.11 bits per heavy atom. The van der Waals surface area contributed by atoms with E-state index in [2.05, 4.69) is 27.1 Å². The number of hydrogen-bond acceptors (Lipinski definition) is 5. The highest BCUT2D eigenvalue weighted by atomic mass is 32.2. The molecule has 1 N–H and O–H groups in total. The second-order valence-corrected chi connectivity index (χ2v) is 5.33. The molecule has 1 aliphatic rings. The Morgan fingerprint density at radius 3 is 2.72 bits per heavy atom. The number of nitrogens with one attached hydrogen (secondary N) is 1.